The van der Waals surface area contributed by atoms with Crippen molar-refractivity contribution in [2.45, 2.75) is 0 Å². The van der Waals surface area contributed by atoms with Crippen LogP contribution in [0.15, 0.2) is 419 Å². The van der Waals surface area contributed by atoms with Crippen molar-refractivity contribution in [2.24, 2.45) is 0 Å². The van der Waals surface area contributed by atoms with Crippen LogP contribution >= 0.6 is 0 Å². The predicted octanol–water partition coefficient (Wildman–Crippen LogP) is 22.8. The number of hydrogen-bond donors (Lipinski definition) is 0. The number of rotatable bonds is 12. The van der Waals surface area contributed by atoms with E-state index in [1.807, 2.05) is 0 Å². The smallest absolute Gasteiger partial charge is 0.256 e. The molecule has 0 saturated heterocycles. The number of para-hydroxylation sites is 9. The van der Waals surface area contributed by atoms with E-state index in [1.165, 1.54) is 0 Å². The number of hydrogen-bond acceptors (Lipinski definition) is 9. The van der Waals surface area contributed by atoms with E-state index in [0.717, 1.165) is 218 Å². The summed E-state index contributed by atoms with van der Waals surface area (Å²) >= 11 is 0. The normalized spacial score (nSPS) is 13.1. The van der Waals surface area contributed by atoms with Crippen molar-refractivity contribution < 1.29 is 14.2 Å². The zero-order chi connectivity index (χ0) is 78.6. The molecule has 0 saturated carbocycles. The summed E-state index contributed by atoms with van der Waals surface area (Å²) in [6, 6.07) is 152. The lowest BCUT2D eigenvalue weighted by molar-refractivity contribution is 0.492. The van der Waals surface area contributed by atoms with E-state index in [0.29, 0.717) is 0 Å². The van der Waals surface area contributed by atoms with Crippen molar-refractivity contribution in [3.05, 3.63) is 419 Å². The molecular weight excluding hydrogens is 1460 g/mol. The van der Waals surface area contributed by atoms with Gasteiger partial charge >= 0.3 is 0 Å². The van der Waals surface area contributed by atoms with Crippen LogP contribution in [-0.2, 0) is 0 Å². The molecule has 120 heavy (non-hydrogen) atoms. The molecule has 6 heterocycles. The molecule has 0 amide bonds. The van der Waals surface area contributed by atoms with Crippen LogP contribution in [0.5, 0.6) is 34.5 Å². The molecule has 25 rings (SSSR count). The first-order valence-corrected chi connectivity index (χ1v) is 41.2. The van der Waals surface area contributed by atoms with E-state index in [9.17, 15) is 0 Å². The van der Waals surface area contributed by atoms with Gasteiger partial charge in [0.25, 0.3) is 20.1 Å². The maximum atomic E-state index is 7.96. The van der Waals surface area contributed by atoms with Crippen LogP contribution in [0.25, 0.3) is 32.3 Å². The molecule has 9 nitrogen and oxygen atoms in total. The quantitative estimate of drug-likeness (QED) is 0.0879. The largest absolute Gasteiger partial charge is 0.458 e. The molecule has 6 aliphatic rings. The number of anilines is 18. The first-order valence-electron chi connectivity index (χ1n) is 41.2. The minimum atomic E-state index is -0.266. The Hall–Kier alpha value is -15.6. The fourth-order valence-electron chi connectivity index (χ4n) is 20.4. The van der Waals surface area contributed by atoms with Gasteiger partial charge in [-0.15, -0.1) is 0 Å². The van der Waals surface area contributed by atoms with Gasteiger partial charge in [-0.2, -0.15) is 0 Å². The lowest BCUT2D eigenvalue weighted by Crippen LogP contribution is -2.59. The highest BCUT2D eigenvalue weighted by atomic mass is 16.5. The maximum absolute atomic E-state index is 7.96. The Morgan fingerprint density at radius 2 is 0.408 bits per heavy atom. The van der Waals surface area contributed by atoms with Gasteiger partial charge in [-0.1, -0.05) is 237 Å². The van der Waals surface area contributed by atoms with E-state index < -0.39 is 0 Å². The zero-order valence-electron chi connectivity index (χ0n) is 65.0. The van der Waals surface area contributed by atoms with E-state index >= 15 is 0 Å². The van der Waals surface area contributed by atoms with Crippen LogP contribution in [0.1, 0.15) is 0 Å². The highest BCUT2D eigenvalue weighted by Gasteiger charge is 2.48. The minimum absolute atomic E-state index is 0.266. The molecule has 12 heteroatoms. The molecule has 0 fully saturated rings. The molecule has 19 aromatic carbocycles. The second kappa shape index (κ2) is 27.0. The highest BCUT2D eigenvalue weighted by Crippen LogP contribution is 2.54. The standard InChI is InChI=1S/C108H69B3N6O3/c1-10-31-70(32-11-1)112(71-33-12-2-13-34-71)79-55-61-85-94(67-79)115(76-43-22-7-23-44-76)91-49-28-52-97-103(91)109(85)88-64-58-82-100(106(88)118-97)83-59-65-89-108(120-99-54-30-51-93-105(99)110(89)86-62-56-80(68-95(86)117(93)78-47-26-9-27-48-78)113(72-35-14-3-15-36-72)73-37-16-4-17-38-73)102(83)84-60-66-90-107(101(82)84)119-98-53-29-50-92-104(98)111(90)87-63-57-81(69-96(87)116(92)77-45-24-8-25-46-77)114(74-39-18-5-19-40-74)75-41-20-6-21-42-75/h1-69H. The maximum Gasteiger partial charge on any atom is 0.256 e. The van der Waals surface area contributed by atoms with Gasteiger partial charge in [-0.25, -0.2) is 0 Å². The van der Waals surface area contributed by atoms with E-state index in [2.05, 4.69) is 448 Å². The summed E-state index contributed by atoms with van der Waals surface area (Å²) in [5.74, 6) is 4.81. The molecule has 0 radical (unpaired) electrons. The second-order valence-corrected chi connectivity index (χ2v) is 31.7. The Balaban J connectivity index is 0.755. The van der Waals surface area contributed by atoms with Crippen LogP contribution in [0.2, 0.25) is 0 Å². The Kier molecular flexibility index (Phi) is 15.2. The Bertz CT molecular complexity index is 6530. The van der Waals surface area contributed by atoms with Gasteiger partial charge < -0.3 is 43.6 Å². The van der Waals surface area contributed by atoms with Gasteiger partial charge in [0.1, 0.15) is 34.5 Å². The third-order valence-corrected chi connectivity index (χ3v) is 25.3. The van der Waals surface area contributed by atoms with Crippen molar-refractivity contribution in [3.8, 4) is 34.5 Å². The molecule has 0 unspecified atom stereocenters. The lowest BCUT2D eigenvalue weighted by Gasteiger charge is -2.41. The topological polar surface area (TPSA) is 47.1 Å². The summed E-state index contributed by atoms with van der Waals surface area (Å²) in [5, 5.41) is 5.98. The summed E-state index contributed by atoms with van der Waals surface area (Å²) < 4.78 is 23.9. The predicted molar refractivity (Wildman–Crippen MR) is 501 cm³/mol. The lowest BCUT2D eigenvalue weighted by atomic mass is 9.33. The fraction of sp³-hybridized carbons (Fsp3) is 0. The first kappa shape index (κ1) is 67.7. The number of nitrogens with zero attached hydrogens (tertiary/aromatic N) is 6. The molecule has 0 aromatic heterocycles. The van der Waals surface area contributed by atoms with Crippen LogP contribution in [0.4, 0.5) is 102 Å². The summed E-state index contributed by atoms with van der Waals surface area (Å²) in [6.07, 6.45) is 0. The molecular formula is C108H69B3N6O3. The molecule has 0 aliphatic carbocycles. The highest BCUT2D eigenvalue weighted by molar-refractivity contribution is 7.01. The summed E-state index contributed by atoms with van der Waals surface area (Å²) in [6.45, 7) is -0.797. The SMILES string of the molecule is c1ccc(N(c2ccccc2)c2ccc3c(c2)N(c2ccccc2)c2cccc4c2B3c2ccc3c(c2O4)c2ccc4c(c2c2ccc5c(c32)Oc2cccc3c2B5c2ccc(N(c5ccccc5)c5ccccc5)cc2N3c2ccccc2)Oc2cccc3c2B4c2ccc(N(c4ccccc4)c4ccccc4)cc2N3c2ccccc2)cc1. The van der Waals surface area contributed by atoms with Crippen molar-refractivity contribution in [2.75, 3.05) is 29.4 Å². The van der Waals surface area contributed by atoms with Crippen LogP contribution in [0, 0.1) is 0 Å². The van der Waals surface area contributed by atoms with Gasteiger partial charge in [-0.3, -0.25) is 0 Å². The molecule has 0 atom stereocenters. The Labute approximate surface area is 696 Å². The number of benzene rings is 19. The zero-order valence-corrected chi connectivity index (χ0v) is 65.0. The molecule has 19 aromatic rings. The Morgan fingerprint density at radius 1 is 0.183 bits per heavy atom. The average molecular weight is 1530 g/mol. The van der Waals surface area contributed by atoms with Gasteiger partial charge in [-0.05, 0) is 247 Å². The van der Waals surface area contributed by atoms with Gasteiger partial charge in [0.15, 0.2) is 0 Å². The molecule has 6 aliphatic heterocycles. The minimum Gasteiger partial charge on any atom is -0.458 e. The average Bonchev–Trinajstić information content (AvgIpc) is 0.682. The van der Waals surface area contributed by atoms with Crippen molar-refractivity contribution in [1.82, 2.24) is 0 Å². The third-order valence-electron chi connectivity index (χ3n) is 25.3. The molecule has 0 N–H and O–H groups in total. The molecule has 0 spiro atoms. The van der Waals surface area contributed by atoms with E-state index in [4.69, 9.17) is 14.2 Å². The Morgan fingerprint density at radius 3 is 0.650 bits per heavy atom. The van der Waals surface area contributed by atoms with Crippen LogP contribution < -0.4 is 92.8 Å². The number of ether oxygens (including phenoxy) is 3. The van der Waals surface area contributed by atoms with Crippen molar-refractivity contribution in [3.63, 3.8) is 0 Å². The summed E-state index contributed by atoms with van der Waals surface area (Å²) in [7, 11) is 0. The third kappa shape index (κ3) is 10.2. The van der Waals surface area contributed by atoms with Crippen molar-refractivity contribution >= 4 is 204 Å². The van der Waals surface area contributed by atoms with Gasteiger partial charge in [0, 0.05) is 119 Å². The summed E-state index contributed by atoms with van der Waals surface area (Å²) in [5.41, 5.74) is 29.1. The van der Waals surface area contributed by atoms with E-state index in [-0.39, 0.29) is 20.1 Å². The van der Waals surface area contributed by atoms with E-state index in [1.54, 1.807) is 0 Å². The van der Waals surface area contributed by atoms with Crippen LogP contribution in [0.3, 0.4) is 0 Å². The van der Waals surface area contributed by atoms with Crippen molar-refractivity contribution in [1.29, 1.82) is 0 Å². The fourth-order valence-corrected chi connectivity index (χ4v) is 20.4. The first-order chi connectivity index (χ1) is 59.6. The molecule has 558 valence electrons. The summed E-state index contributed by atoms with van der Waals surface area (Å²) in [4.78, 5) is 14.4. The van der Waals surface area contributed by atoms with Crippen LogP contribution in [-0.4, -0.2) is 20.1 Å². The monoisotopic (exact) mass is 1530 g/mol. The molecule has 0 bridgehead atoms. The van der Waals surface area contributed by atoms with Gasteiger partial charge in [0.05, 0.1) is 0 Å². The second-order valence-electron chi connectivity index (χ2n) is 31.7. The number of fused-ring (bicyclic) bond motifs is 21. The van der Waals surface area contributed by atoms with Gasteiger partial charge in [0.2, 0.25) is 0 Å².